The van der Waals surface area contributed by atoms with Gasteiger partial charge < -0.3 is 14.9 Å². The number of nitrogens with zero attached hydrogens (tertiary/aromatic N) is 2. The van der Waals surface area contributed by atoms with Gasteiger partial charge in [-0.25, -0.2) is 0 Å². The quantitative estimate of drug-likeness (QED) is 0.898. The lowest BCUT2D eigenvalue weighted by atomic mass is 9.85. The van der Waals surface area contributed by atoms with Crippen LogP contribution in [0.1, 0.15) is 35.5 Å². The molecule has 1 aromatic carbocycles. The summed E-state index contributed by atoms with van der Waals surface area (Å²) in [6.45, 7) is 1.88. The van der Waals surface area contributed by atoms with Gasteiger partial charge in [-0.1, -0.05) is 17.3 Å². The van der Waals surface area contributed by atoms with Crippen molar-refractivity contribution in [1.29, 1.82) is 0 Å². The van der Waals surface area contributed by atoms with Gasteiger partial charge in [0.15, 0.2) is 0 Å². The topological polar surface area (TPSA) is 88.2 Å². The summed E-state index contributed by atoms with van der Waals surface area (Å²) in [5.41, 5.74) is 1.33. The van der Waals surface area contributed by atoms with Crippen LogP contribution >= 0.6 is 0 Å². The van der Waals surface area contributed by atoms with E-state index in [1.54, 1.807) is 19.1 Å². The van der Waals surface area contributed by atoms with Crippen molar-refractivity contribution in [1.82, 2.24) is 15.5 Å². The van der Waals surface area contributed by atoms with Crippen LogP contribution in [0.4, 0.5) is 0 Å². The number of rotatable bonds is 4. The van der Waals surface area contributed by atoms with Crippen molar-refractivity contribution in [2.24, 2.45) is 17.8 Å². The zero-order chi connectivity index (χ0) is 16.7. The van der Waals surface area contributed by atoms with E-state index in [1.807, 2.05) is 12.1 Å². The molecule has 2 aliphatic rings. The van der Waals surface area contributed by atoms with Gasteiger partial charge in [-0.3, -0.25) is 4.79 Å². The Morgan fingerprint density at radius 3 is 2.96 bits per heavy atom. The van der Waals surface area contributed by atoms with E-state index in [2.05, 4.69) is 15.5 Å². The van der Waals surface area contributed by atoms with Gasteiger partial charge in [-0.2, -0.15) is 4.98 Å². The van der Waals surface area contributed by atoms with Crippen molar-refractivity contribution in [2.75, 3.05) is 6.61 Å². The molecular formula is C18H21N3O3. The van der Waals surface area contributed by atoms with Crippen molar-refractivity contribution < 1.29 is 14.4 Å². The predicted molar refractivity (Wildman–Crippen MR) is 87.1 cm³/mol. The molecule has 2 aromatic rings. The van der Waals surface area contributed by atoms with Gasteiger partial charge in [-0.15, -0.1) is 0 Å². The first-order chi connectivity index (χ1) is 11.7. The molecule has 2 saturated carbocycles. The molecule has 24 heavy (non-hydrogen) atoms. The van der Waals surface area contributed by atoms with Crippen LogP contribution in [0.15, 0.2) is 28.8 Å². The van der Waals surface area contributed by atoms with Gasteiger partial charge >= 0.3 is 0 Å². The lowest BCUT2D eigenvalue weighted by Crippen LogP contribution is -2.45. The first-order valence-electron chi connectivity index (χ1n) is 8.48. The Balaban J connectivity index is 1.53. The maximum absolute atomic E-state index is 12.7. The highest BCUT2D eigenvalue weighted by molar-refractivity contribution is 5.95. The van der Waals surface area contributed by atoms with E-state index in [0.717, 1.165) is 18.4 Å². The monoisotopic (exact) mass is 327 g/mol. The molecule has 0 aliphatic heterocycles. The minimum Gasteiger partial charge on any atom is -0.396 e. The third kappa shape index (κ3) is 2.60. The fourth-order valence-electron chi connectivity index (χ4n) is 4.35. The Bertz CT molecular complexity index is 757. The van der Waals surface area contributed by atoms with Crippen molar-refractivity contribution in [2.45, 2.75) is 32.2 Å². The van der Waals surface area contributed by atoms with Crippen LogP contribution in [0.2, 0.25) is 0 Å². The predicted octanol–water partition coefficient (Wildman–Crippen LogP) is 2.18. The van der Waals surface area contributed by atoms with E-state index >= 15 is 0 Å². The van der Waals surface area contributed by atoms with Gasteiger partial charge in [0.05, 0.1) is 0 Å². The van der Waals surface area contributed by atoms with Crippen LogP contribution in [0.25, 0.3) is 11.4 Å². The average Bonchev–Trinajstić information content (AvgIpc) is 3.31. The van der Waals surface area contributed by atoms with Crippen LogP contribution in [-0.2, 0) is 0 Å². The van der Waals surface area contributed by atoms with Gasteiger partial charge in [-0.05, 0) is 43.2 Å². The van der Waals surface area contributed by atoms with Crippen molar-refractivity contribution in [3.63, 3.8) is 0 Å². The van der Waals surface area contributed by atoms with Crippen LogP contribution in [0, 0.1) is 24.7 Å². The zero-order valence-electron chi connectivity index (χ0n) is 13.6. The molecule has 126 valence electrons. The molecule has 2 bridgehead atoms. The fraction of sp³-hybridized carbons (Fsp3) is 0.500. The number of amides is 1. The molecule has 6 heteroatoms. The highest BCUT2D eigenvalue weighted by atomic mass is 16.5. The Labute approximate surface area is 140 Å². The van der Waals surface area contributed by atoms with Crippen molar-refractivity contribution in [3.05, 3.63) is 35.7 Å². The molecule has 1 heterocycles. The third-order valence-electron chi connectivity index (χ3n) is 5.51. The number of benzene rings is 1. The molecule has 1 amide bonds. The van der Waals surface area contributed by atoms with Crippen molar-refractivity contribution in [3.8, 4) is 11.4 Å². The number of fused-ring (bicyclic) bond motifs is 2. The Morgan fingerprint density at radius 1 is 1.38 bits per heavy atom. The van der Waals surface area contributed by atoms with E-state index in [-0.39, 0.29) is 24.5 Å². The molecule has 2 aliphatic carbocycles. The number of nitrogens with one attached hydrogen (secondary N) is 1. The van der Waals surface area contributed by atoms with Gasteiger partial charge in [0.2, 0.25) is 11.7 Å². The maximum atomic E-state index is 12.7. The SMILES string of the molecule is Cc1nc(-c2cccc(C(=O)NC3C4CCC(C4)C3CO)c2)no1. The molecule has 4 atom stereocenters. The van der Waals surface area contributed by atoms with Gasteiger partial charge in [0.1, 0.15) is 0 Å². The second-order valence-electron chi connectivity index (χ2n) is 6.90. The van der Waals surface area contributed by atoms with Crippen LogP contribution in [-0.4, -0.2) is 33.8 Å². The number of aryl methyl sites for hydroxylation is 1. The summed E-state index contributed by atoms with van der Waals surface area (Å²) in [7, 11) is 0. The largest absolute Gasteiger partial charge is 0.396 e. The summed E-state index contributed by atoms with van der Waals surface area (Å²) in [4.78, 5) is 16.9. The lowest BCUT2D eigenvalue weighted by Gasteiger charge is -2.30. The minimum absolute atomic E-state index is 0.0809. The molecule has 4 unspecified atom stereocenters. The summed E-state index contributed by atoms with van der Waals surface area (Å²) in [6.07, 6.45) is 3.45. The summed E-state index contributed by atoms with van der Waals surface area (Å²) >= 11 is 0. The maximum Gasteiger partial charge on any atom is 0.251 e. The average molecular weight is 327 g/mol. The second kappa shape index (κ2) is 6.02. The Hall–Kier alpha value is -2.21. The molecule has 1 aromatic heterocycles. The number of hydrogen-bond acceptors (Lipinski definition) is 5. The van der Waals surface area contributed by atoms with Crippen LogP contribution < -0.4 is 5.32 Å². The smallest absolute Gasteiger partial charge is 0.251 e. The fourth-order valence-corrected chi connectivity index (χ4v) is 4.35. The van der Waals surface area contributed by atoms with Crippen LogP contribution in [0.5, 0.6) is 0 Å². The highest BCUT2D eigenvalue weighted by Crippen LogP contribution is 2.48. The summed E-state index contributed by atoms with van der Waals surface area (Å²) in [5, 5.41) is 16.7. The Morgan fingerprint density at radius 2 is 2.21 bits per heavy atom. The van der Waals surface area contributed by atoms with E-state index in [1.165, 1.54) is 6.42 Å². The Kier molecular flexibility index (Phi) is 3.84. The number of carbonyl (C=O) groups excluding carboxylic acids is 1. The molecular weight excluding hydrogens is 306 g/mol. The number of hydrogen-bond donors (Lipinski definition) is 2. The van der Waals surface area contributed by atoms with E-state index in [0.29, 0.717) is 29.1 Å². The first-order valence-corrected chi connectivity index (χ1v) is 8.48. The van der Waals surface area contributed by atoms with Crippen molar-refractivity contribution >= 4 is 5.91 Å². The lowest BCUT2D eigenvalue weighted by molar-refractivity contribution is 0.0861. The van der Waals surface area contributed by atoms with Gasteiger partial charge in [0.25, 0.3) is 5.91 Å². The number of aliphatic hydroxyl groups excluding tert-OH is 1. The highest BCUT2D eigenvalue weighted by Gasteiger charge is 2.47. The first kappa shape index (κ1) is 15.3. The number of aliphatic hydroxyl groups is 1. The molecule has 0 saturated heterocycles. The standard InChI is InChI=1S/C18H21N3O3/c1-10-19-17(21-24-10)13-3-2-4-14(8-13)18(23)20-16-12-6-5-11(7-12)15(16)9-22/h2-4,8,11-12,15-16,22H,5-7,9H2,1H3,(H,20,23). The molecule has 2 fully saturated rings. The summed E-state index contributed by atoms with van der Waals surface area (Å²) in [6, 6.07) is 7.32. The molecule has 6 nitrogen and oxygen atoms in total. The number of carbonyl (C=O) groups is 1. The number of aromatic nitrogens is 2. The zero-order valence-corrected chi connectivity index (χ0v) is 13.6. The molecule has 0 spiro atoms. The minimum atomic E-state index is -0.104. The van der Waals surface area contributed by atoms with Crippen LogP contribution in [0.3, 0.4) is 0 Å². The van der Waals surface area contributed by atoms with E-state index < -0.39 is 0 Å². The summed E-state index contributed by atoms with van der Waals surface area (Å²) < 4.78 is 5.00. The van der Waals surface area contributed by atoms with Gasteiger partial charge in [0, 0.05) is 36.6 Å². The van der Waals surface area contributed by atoms with E-state index in [4.69, 9.17) is 4.52 Å². The molecule has 0 radical (unpaired) electrons. The summed E-state index contributed by atoms with van der Waals surface area (Å²) in [5.74, 6) is 2.12. The second-order valence-corrected chi connectivity index (χ2v) is 6.90. The third-order valence-corrected chi connectivity index (χ3v) is 5.51. The van der Waals surface area contributed by atoms with E-state index in [9.17, 15) is 9.90 Å². The molecule has 2 N–H and O–H groups in total. The normalized spacial score (nSPS) is 28.2. The molecule has 4 rings (SSSR count).